The summed E-state index contributed by atoms with van der Waals surface area (Å²) in [5.74, 6) is -0.0778. The fourth-order valence-electron chi connectivity index (χ4n) is 1.76. The van der Waals surface area contributed by atoms with E-state index in [4.69, 9.17) is 0 Å². The summed E-state index contributed by atoms with van der Waals surface area (Å²) in [6, 6.07) is 3.66. The van der Waals surface area contributed by atoms with Gasteiger partial charge in [0.15, 0.2) is 0 Å². The Morgan fingerprint density at radius 1 is 1.39 bits per heavy atom. The molecule has 100 valence electrons. The first-order valence-corrected chi connectivity index (χ1v) is 6.27. The summed E-state index contributed by atoms with van der Waals surface area (Å²) >= 11 is 0. The molecule has 0 aliphatic carbocycles. The highest BCUT2D eigenvalue weighted by molar-refractivity contribution is 5.94. The van der Waals surface area contributed by atoms with Gasteiger partial charge in [-0.1, -0.05) is 19.9 Å². The third-order valence-corrected chi connectivity index (χ3v) is 2.85. The van der Waals surface area contributed by atoms with E-state index in [-0.39, 0.29) is 17.6 Å². The van der Waals surface area contributed by atoms with E-state index in [2.05, 4.69) is 10.6 Å². The van der Waals surface area contributed by atoms with Crippen molar-refractivity contribution in [2.24, 2.45) is 5.92 Å². The van der Waals surface area contributed by atoms with Crippen LogP contribution in [-0.4, -0.2) is 24.1 Å². The summed E-state index contributed by atoms with van der Waals surface area (Å²) in [5.41, 5.74) is 2.27. The first-order valence-electron chi connectivity index (χ1n) is 6.27. The molecule has 1 unspecified atom stereocenters. The second kappa shape index (κ2) is 6.40. The lowest BCUT2D eigenvalue weighted by molar-refractivity contribution is -0.119. The third kappa shape index (κ3) is 3.74. The first-order chi connectivity index (χ1) is 8.45. The molecule has 0 heterocycles. The minimum atomic E-state index is -0.134. The fourth-order valence-corrected chi connectivity index (χ4v) is 1.76. The number of benzene rings is 1. The van der Waals surface area contributed by atoms with Crippen LogP contribution in [0, 0.1) is 19.8 Å². The van der Waals surface area contributed by atoms with E-state index in [1.807, 2.05) is 33.8 Å². The predicted molar refractivity (Wildman–Crippen MR) is 73.9 cm³/mol. The molecule has 1 aromatic rings. The number of nitrogens with one attached hydrogen (secondary N) is 2. The van der Waals surface area contributed by atoms with Crippen LogP contribution in [0.2, 0.25) is 0 Å². The number of phenolic OH excluding ortho intramolecular Hbond substituents is 1. The molecule has 0 aliphatic rings. The average molecular weight is 250 g/mol. The molecule has 0 bridgehead atoms. The lowest BCUT2D eigenvalue weighted by Gasteiger charge is -2.14. The highest BCUT2D eigenvalue weighted by Gasteiger charge is 2.15. The molecule has 0 saturated heterocycles. The summed E-state index contributed by atoms with van der Waals surface area (Å²) < 4.78 is 0. The average Bonchev–Trinajstić information content (AvgIpc) is 2.32. The van der Waals surface area contributed by atoms with Crippen LogP contribution in [-0.2, 0) is 4.79 Å². The molecular formula is C14H22N2O2. The standard InChI is InChI=1S/C14H22N2O2/c1-5-15-8-11(4)14(18)16-12-7-9(2)6-10(3)13(12)17/h6-7,11,15,17H,5,8H2,1-4H3,(H,16,18). The minimum absolute atomic E-state index is 0.0868. The van der Waals surface area contributed by atoms with Crippen LogP contribution >= 0.6 is 0 Å². The molecule has 1 atom stereocenters. The molecule has 1 rings (SSSR count). The van der Waals surface area contributed by atoms with Gasteiger partial charge in [-0.05, 0) is 37.6 Å². The van der Waals surface area contributed by atoms with Gasteiger partial charge in [-0.15, -0.1) is 0 Å². The van der Waals surface area contributed by atoms with Gasteiger partial charge in [0.2, 0.25) is 5.91 Å². The number of hydrogen-bond donors (Lipinski definition) is 3. The molecule has 0 aliphatic heterocycles. The largest absolute Gasteiger partial charge is 0.505 e. The zero-order valence-electron chi connectivity index (χ0n) is 11.5. The van der Waals surface area contributed by atoms with Gasteiger partial charge in [0.05, 0.1) is 5.69 Å². The van der Waals surface area contributed by atoms with Crippen molar-refractivity contribution in [1.29, 1.82) is 0 Å². The normalized spacial score (nSPS) is 12.2. The van der Waals surface area contributed by atoms with Gasteiger partial charge in [0.1, 0.15) is 5.75 Å². The summed E-state index contributed by atoms with van der Waals surface area (Å²) in [4.78, 5) is 11.9. The highest BCUT2D eigenvalue weighted by Crippen LogP contribution is 2.28. The highest BCUT2D eigenvalue weighted by atomic mass is 16.3. The van der Waals surface area contributed by atoms with Crippen molar-refractivity contribution in [3.05, 3.63) is 23.3 Å². The van der Waals surface area contributed by atoms with E-state index in [0.29, 0.717) is 12.2 Å². The summed E-state index contributed by atoms with van der Waals surface area (Å²) in [7, 11) is 0. The molecule has 0 saturated carbocycles. The van der Waals surface area contributed by atoms with Crippen LogP contribution in [0.1, 0.15) is 25.0 Å². The summed E-state index contributed by atoms with van der Waals surface area (Å²) in [5, 5.41) is 15.8. The van der Waals surface area contributed by atoms with Crippen molar-refractivity contribution in [1.82, 2.24) is 5.32 Å². The van der Waals surface area contributed by atoms with E-state index < -0.39 is 0 Å². The van der Waals surface area contributed by atoms with Gasteiger partial charge in [0, 0.05) is 12.5 Å². The number of hydrogen-bond acceptors (Lipinski definition) is 3. The number of rotatable bonds is 5. The van der Waals surface area contributed by atoms with Crippen molar-refractivity contribution >= 4 is 11.6 Å². The molecule has 0 radical (unpaired) electrons. The Morgan fingerprint density at radius 2 is 2.06 bits per heavy atom. The van der Waals surface area contributed by atoms with Gasteiger partial charge in [-0.2, -0.15) is 0 Å². The number of aryl methyl sites for hydroxylation is 2. The van der Waals surface area contributed by atoms with Crippen LogP contribution in [0.15, 0.2) is 12.1 Å². The van der Waals surface area contributed by atoms with Gasteiger partial charge >= 0.3 is 0 Å². The lowest BCUT2D eigenvalue weighted by Crippen LogP contribution is -2.30. The molecule has 18 heavy (non-hydrogen) atoms. The third-order valence-electron chi connectivity index (χ3n) is 2.85. The zero-order valence-corrected chi connectivity index (χ0v) is 11.5. The SMILES string of the molecule is CCNCC(C)C(=O)Nc1cc(C)cc(C)c1O. The number of anilines is 1. The number of carbonyl (C=O) groups is 1. The summed E-state index contributed by atoms with van der Waals surface area (Å²) in [6.45, 7) is 9.09. The maximum atomic E-state index is 11.9. The summed E-state index contributed by atoms with van der Waals surface area (Å²) in [6.07, 6.45) is 0. The predicted octanol–water partition coefficient (Wildman–Crippen LogP) is 2.19. The Hall–Kier alpha value is -1.55. The molecular weight excluding hydrogens is 228 g/mol. The Bertz CT molecular complexity index is 430. The molecule has 1 aromatic carbocycles. The molecule has 1 amide bonds. The monoisotopic (exact) mass is 250 g/mol. The van der Waals surface area contributed by atoms with E-state index in [0.717, 1.165) is 17.7 Å². The Labute approximate surface area is 108 Å². The second-order valence-electron chi connectivity index (χ2n) is 4.68. The maximum Gasteiger partial charge on any atom is 0.228 e. The van der Waals surface area contributed by atoms with Crippen molar-refractivity contribution in [2.45, 2.75) is 27.7 Å². The van der Waals surface area contributed by atoms with E-state index in [1.165, 1.54) is 0 Å². The number of phenols is 1. The fraction of sp³-hybridized carbons (Fsp3) is 0.500. The van der Waals surface area contributed by atoms with Gasteiger partial charge in [-0.3, -0.25) is 4.79 Å². The smallest absolute Gasteiger partial charge is 0.228 e. The number of carbonyl (C=O) groups excluding carboxylic acids is 1. The topological polar surface area (TPSA) is 61.4 Å². The van der Waals surface area contributed by atoms with Crippen molar-refractivity contribution < 1.29 is 9.90 Å². The molecule has 0 fully saturated rings. The van der Waals surface area contributed by atoms with E-state index in [9.17, 15) is 9.90 Å². The van der Waals surface area contributed by atoms with Crippen LogP contribution in [0.25, 0.3) is 0 Å². The van der Waals surface area contributed by atoms with Crippen molar-refractivity contribution in [3.63, 3.8) is 0 Å². The Kier molecular flexibility index (Phi) is 5.16. The quantitative estimate of drug-likeness (QED) is 0.702. The van der Waals surface area contributed by atoms with Gasteiger partial charge < -0.3 is 15.7 Å². The number of amides is 1. The Balaban J connectivity index is 2.75. The molecule has 0 spiro atoms. The van der Waals surface area contributed by atoms with Crippen LogP contribution in [0.4, 0.5) is 5.69 Å². The van der Waals surface area contributed by atoms with E-state index >= 15 is 0 Å². The number of aromatic hydroxyl groups is 1. The zero-order chi connectivity index (χ0) is 13.7. The molecule has 3 N–H and O–H groups in total. The van der Waals surface area contributed by atoms with Gasteiger partial charge in [-0.25, -0.2) is 0 Å². The molecule has 4 heteroatoms. The van der Waals surface area contributed by atoms with Crippen LogP contribution in [0.3, 0.4) is 0 Å². The van der Waals surface area contributed by atoms with Crippen molar-refractivity contribution in [2.75, 3.05) is 18.4 Å². The van der Waals surface area contributed by atoms with E-state index in [1.54, 1.807) is 6.07 Å². The van der Waals surface area contributed by atoms with Crippen LogP contribution < -0.4 is 10.6 Å². The minimum Gasteiger partial charge on any atom is -0.505 e. The second-order valence-corrected chi connectivity index (χ2v) is 4.68. The van der Waals surface area contributed by atoms with Crippen molar-refractivity contribution in [3.8, 4) is 5.75 Å². The maximum absolute atomic E-state index is 11.9. The first kappa shape index (κ1) is 14.5. The molecule has 4 nitrogen and oxygen atoms in total. The molecule has 0 aromatic heterocycles. The lowest BCUT2D eigenvalue weighted by atomic mass is 10.1. The van der Waals surface area contributed by atoms with Crippen LogP contribution in [0.5, 0.6) is 5.75 Å². The Morgan fingerprint density at radius 3 is 2.67 bits per heavy atom. The van der Waals surface area contributed by atoms with Gasteiger partial charge in [0.25, 0.3) is 0 Å².